The van der Waals surface area contributed by atoms with Crippen LogP contribution in [0.25, 0.3) is 0 Å². The van der Waals surface area contributed by atoms with E-state index in [1.165, 1.54) is 6.07 Å². The van der Waals surface area contributed by atoms with E-state index in [1.807, 2.05) is 13.2 Å². The third-order valence-electron chi connectivity index (χ3n) is 2.35. The Labute approximate surface area is 111 Å². The van der Waals surface area contributed by atoms with Crippen LogP contribution in [0.2, 0.25) is 0 Å². The molecule has 1 atom stereocenters. The van der Waals surface area contributed by atoms with Gasteiger partial charge in [-0.3, -0.25) is 0 Å². The number of benzene rings is 1. The van der Waals surface area contributed by atoms with Crippen LogP contribution >= 0.6 is 11.8 Å². The number of nitrogens with two attached hydrogens (primary N) is 1. The summed E-state index contributed by atoms with van der Waals surface area (Å²) in [5.41, 5.74) is 5.18. The first-order chi connectivity index (χ1) is 8.36. The molecule has 0 heterocycles. The molecule has 18 heavy (non-hydrogen) atoms. The van der Waals surface area contributed by atoms with E-state index in [0.717, 1.165) is 17.9 Å². The monoisotopic (exact) mass is 292 g/mol. The predicted octanol–water partition coefficient (Wildman–Crippen LogP) is 1.69. The highest BCUT2D eigenvalue weighted by molar-refractivity contribution is 7.98. The molecule has 0 spiro atoms. The molecule has 4 nitrogen and oxygen atoms in total. The molecule has 0 bridgehead atoms. The molecule has 0 saturated carbocycles. The first-order valence-corrected chi connectivity index (χ1v) is 8.28. The molecule has 0 amide bonds. The molecule has 1 aromatic carbocycles. The van der Waals surface area contributed by atoms with Gasteiger partial charge in [0.1, 0.15) is 5.82 Å². The van der Waals surface area contributed by atoms with Crippen LogP contribution < -0.4 is 10.5 Å². The van der Waals surface area contributed by atoms with Crippen molar-refractivity contribution in [2.75, 3.05) is 24.3 Å². The predicted molar refractivity (Wildman–Crippen MR) is 73.5 cm³/mol. The van der Waals surface area contributed by atoms with Crippen LogP contribution in [0, 0.1) is 11.7 Å². The van der Waals surface area contributed by atoms with E-state index in [1.54, 1.807) is 11.8 Å². The third kappa shape index (κ3) is 4.15. The van der Waals surface area contributed by atoms with E-state index in [2.05, 4.69) is 4.72 Å². The largest absolute Gasteiger partial charge is 0.396 e. The molecule has 1 rings (SSSR count). The summed E-state index contributed by atoms with van der Waals surface area (Å²) in [6.07, 6.45) is 1.96. The molecule has 1 aromatic rings. The summed E-state index contributed by atoms with van der Waals surface area (Å²) in [4.78, 5) is -0.0160. The van der Waals surface area contributed by atoms with E-state index in [-0.39, 0.29) is 16.5 Å². The number of halogens is 1. The standard InChI is InChI=1S/C11H17FN2O2S2/c1-8(7-17-2)6-14-18(15,16)9-3-4-10(12)11(13)5-9/h3-5,8,14H,6-7,13H2,1-2H3. The van der Waals surface area contributed by atoms with Crippen LogP contribution in [0.3, 0.4) is 0 Å². The van der Waals surface area contributed by atoms with Crippen LogP contribution in [0.5, 0.6) is 0 Å². The Kier molecular flexibility index (Phi) is 5.43. The van der Waals surface area contributed by atoms with Crippen molar-refractivity contribution in [2.45, 2.75) is 11.8 Å². The fourth-order valence-corrected chi connectivity index (χ4v) is 3.25. The van der Waals surface area contributed by atoms with Gasteiger partial charge in [0.25, 0.3) is 0 Å². The number of rotatable bonds is 6. The smallest absolute Gasteiger partial charge is 0.240 e. The second kappa shape index (κ2) is 6.40. The molecule has 0 fully saturated rings. The Morgan fingerprint density at radius 3 is 2.72 bits per heavy atom. The van der Waals surface area contributed by atoms with Gasteiger partial charge in [-0.2, -0.15) is 11.8 Å². The Bertz CT molecular complexity index is 506. The Morgan fingerprint density at radius 2 is 2.17 bits per heavy atom. The summed E-state index contributed by atoms with van der Waals surface area (Å²) in [6, 6.07) is 3.37. The number of nitrogens with one attached hydrogen (secondary N) is 1. The molecule has 0 radical (unpaired) electrons. The quantitative estimate of drug-likeness (QED) is 0.783. The van der Waals surface area contributed by atoms with Crippen LogP contribution in [0.15, 0.2) is 23.1 Å². The van der Waals surface area contributed by atoms with Gasteiger partial charge in [0, 0.05) is 6.54 Å². The van der Waals surface area contributed by atoms with Gasteiger partial charge in [-0.25, -0.2) is 17.5 Å². The highest BCUT2D eigenvalue weighted by Gasteiger charge is 2.16. The van der Waals surface area contributed by atoms with E-state index >= 15 is 0 Å². The third-order valence-corrected chi connectivity index (χ3v) is 4.67. The minimum absolute atomic E-state index is 0.0160. The normalized spacial score (nSPS) is 13.5. The fourth-order valence-electron chi connectivity index (χ4n) is 1.37. The molecule has 3 N–H and O–H groups in total. The molecular weight excluding hydrogens is 275 g/mol. The summed E-state index contributed by atoms with van der Waals surface area (Å²) in [5.74, 6) is 0.478. The summed E-state index contributed by atoms with van der Waals surface area (Å²) in [6.45, 7) is 2.30. The number of anilines is 1. The maximum absolute atomic E-state index is 13.0. The highest BCUT2D eigenvalue weighted by Crippen LogP contribution is 2.16. The van der Waals surface area contributed by atoms with Crippen molar-refractivity contribution in [3.8, 4) is 0 Å². The summed E-state index contributed by atoms with van der Waals surface area (Å²) >= 11 is 1.66. The van der Waals surface area contributed by atoms with Gasteiger partial charge in [0.2, 0.25) is 10.0 Å². The van der Waals surface area contributed by atoms with Crippen molar-refractivity contribution in [2.24, 2.45) is 5.92 Å². The lowest BCUT2D eigenvalue weighted by Crippen LogP contribution is -2.29. The van der Waals surface area contributed by atoms with Gasteiger partial charge in [-0.1, -0.05) is 6.92 Å². The molecule has 0 aliphatic rings. The van der Waals surface area contributed by atoms with Crippen molar-refractivity contribution < 1.29 is 12.8 Å². The van der Waals surface area contributed by atoms with Crippen LogP contribution in [0.1, 0.15) is 6.92 Å². The van der Waals surface area contributed by atoms with E-state index in [9.17, 15) is 12.8 Å². The van der Waals surface area contributed by atoms with Crippen LogP contribution in [0.4, 0.5) is 10.1 Å². The van der Waals surface area contributed by atoms with E-state index < -0.39 is 15.8 Å². The molecule has 0 aromatic heterocycles. The minimum Gasteiger partial charge on any atom is -0.396 e. The van der Waals surface area contributed by atoms with Crippen molar-refractivity contribution >= 4 is 27.5 Å². The summed E-state index contributed by atoms with van der Waals surface area (Å²) in [5, 5.41) is 0. The fraction of sp³-hybridized carbons (Fsp3) is 0.455. The number of thioether (sulfide) groups is 1. The number of nitrogen functional groups attached to an aromatic ring is 1. The Balaban J connectivity index is 2.77. The average Bonchev–Trinajstić information content (AvgIpc) is 2.30. The average molecular weight is 292 g/mol. The summed E-state index contributed by atoms with van der Waals surface area (Å²) < 4.78 is 39.3. The molecule has 7 heteroatoms. The van der Waals surface area contributed by atoms with Crippen molar-refractivity contribution in [1.82, 2.24) is 4.72 Å². The zero-order chi connectivity index (χ0) is 13.8. The Hall–Kier alpha value is -0.790. The molecule has 0 aliphatic heterocycles. The number of sulfonamides is 1. The number of hydrogen-bond acceptors (Lipinski definition) is 4. The van der Waals surface area contributed by atoms with Crippen molar-refractivity contribution in [3.63, 3.8) is 0 Å². The van der Waals surface area contributed by atoms with Crippen LogP contribution in [-0.2, 0) is 10.0 Å². The van der Waals surface area contributed by atoms with E-state index in [4.69, 9.17) is 5.73 Å². The highest BCUT2D eigenvalue weighted by atomic mass is 32.2. The first-order valence-electron chi connectivity index (χ1n) is 5.40. The van der Waals surface area contributed by atoms with Gasteiger partial charge in [-0.05, 0) is 36.1 Å². The number of hydrogen-bond donors (Lipinski definition) is 2. The van der Waals surface area contributed by atoms with Gasteiger partial charge in [0.05, 0.1) is 10.6 Å². The van der Waals surface area contributed by atoms with E-state index in [0.29, 0.717) is 6.54 Å². The minimum atomic E-state index is -3.62. The second-order valence-electron chi connectivity index (χ2n) is 4.10. The molecule has 1 unspecified atom stereocenters. The van der Waals surface area contributed by atoms with Gasteiger partial charge in [0.15, 0.2) is 0 Å². The SMILES string of the molecule is CSCC(C)CNS(=O)(=O)c1ccc(F)c(N)c1. The van der Waals surface area contributed by atoms with Crippen molar-refractivity contribution in [1.29, 1.82) is 0 Å². The van der Waals surface area contributed by atoms with Gasteiger partial charge < -0.3 is 5.73 Å². The molecule has 0 saturated heterocycles. The second-order valence-corrected chi connectivity index (χ2v) is 6.77. The Morgan fingerprint density at radius 1 is 1.50 bits per heavy atom. The molecular formula is C11H17FN2O2S2. The maximum Gasteiger partial charge on any atom is 0.240 e. The summed E-state index contributed by atoms with van der Waals surface area (Å²) in [7, 11) is -3.62. The van der Waals surface area contributed by atoms with Gasteiger partial charge >= 0.3 is 0 Å². The zero-order valence-electron chi connectivity index (χ0n) is 10.3. The lowest BCUT2D eigenvalue weighted by atomic mass is 10.2. The molecule has 102 valence electrons. The lowest BCUT2D eigenvalue weighted by Gasteiger charge is -2.12. The molecule has 0 aliphatic carbocycles. The maximum atomic E-state index is 13.0. The zero-order valence-corrected chi connectivity index (χ0v) is 11.9. The topological polar surface area (TPSA) is 72.2 Å². The van der Waals surface area contributed by atoms with Crippen LogP contribution in [-0.4, -0.2) is 27.0 Å². The first kappa shape index (κ1) is 15.3. The van der Waals surface area contributed by atoms with Gasteiger partial charge in [-0.15, -0.1) is 0 Å². The van der Waals surface area contributed by atoms with Crippen molar-refractivity contribution in [3.05, 3.63) is 24.0 Å². The lowest BCUT2D eigenvalue weighted by molar-refractivity contribution is 0.562.